The number of nitrogens with zero attached hydrogens (tertiary/aromatic N) is 1. The van der Waals surface area contributed by atoms with Gasteiger partial charge in [-0.1, -0.05) is 23.3 Å². The quantitative estimate of drug-likeness (QED) is 0.539. The summed E-state index contributed by atoms with van der Waals surface area (Å²) in [5.41, 5.74) is 5.74. The second-order valence-electron chi connectivity index (χ2n) is 10.5. The summed E-state index contributed by atoms with van der Waals surface area (Å²) in [5, 5.41) is 14.3. The molecule has 2 aromatic carbocycles. The monoisotopic (exact) mass is 440 g/mol. The fourth-order valence-corrected chi connectivity index (χ4v) is 4.11. The molecule has 2 N–H and O–H groups in total. The van der Waals surface area contributed by atoms with Crippen LogP contribution in [0.4, 0.5) is 4.70 Å². The number of aromatic nitrogens is 1. The van der Waals surface area contributed by atoms with Crippen LogP contribution in [0.15, 0.2) is 42.5 Å². The highest BCUT2D eigenvalue weighted by molar-refractivity contribution is 5.92. The van der Waals surface area contributed by atoms with Crippen molar-refractivity contribution in [2.24, 2.45) is 0 Å². The number of fused-ring (bicyclic) bond motifs is 1. The lowest BCUT2D eigenvalue weighted by Crippen LogP contribution is -2.48. The van der Waals surface area contributed by atoms with Gasteiger partial charge in [0.15, 0.2) is 0 Å². The predicted octanol–water partition coefficient (Wildman–Crippen LogP) is 5.65. The third-order valence-corrected chi connectivity index (χ3v) is 5.64. The van der Waals surface area contributed by atoms with Crippen molar-refractivity contribution in [3.05, 3.63) is 59.2 Å². The maximum atomic E-state index is 13.0. The molecule has 3 aromatic rings. The zero-order valence-corrected chi connectivity index (χ0v) is 20.5. The van der Waals surface area contributed by atoms with Gasteiger partial charge in [0.25, 0.3) is 0 Å². The topological polar surface area (TPSA) is 54.3 Å². The van der Waals surface area contributed by atoms with Crippen molar-refractivity contribution >= 4 is 16.8 Å². The number of carbonyl (C=O) groups is 1. The summed E-state index contributed by atoms with van der Waals surface area (Å²) in [4.78, 5) is 13.0. The fraction of sp³-hybridized carbons (Fsp3) is 0.444. The van der Waals surface area contributed by atoms with Crippen LogP contribution in [-0.4, -0.2) is 27.2 Å². The summed E-state index contributed by atoms with van der Waals surface area (Å²) < 4.78 is 2.18. The molecule has 1 aromatic heterocycles. The van der Waals surface area contributed by atoms with Crippen LogP contribution in [0.2, 0.25) is 0 Å². The summed E-state index contributed by atoms with van der Waals surface area (Å²) in [6.07, 6.45) is -0.464. The van der Waals surface area contributed by atoms with Crippen molar-refractivity contribution in [2.45, 2.75) is 79.0 Å². The molecule has 174 valence electrons. The number of benzene rings is 2. The molecule has 0 aliphatic heterocycles. The number of hydrogen-bond acceptors (Lipinski definition) is 2. The molecule has 0 saturated heterocycles. The molecule has 0 spiro atoms. The highest BCUT2D eigenvalue weighted by Crippen LogP contribution is 2.33. The second-order valence-corrected chi connectivity index (χ2v) is 10.5. The minimum atomic E-state index is -0.659. The molecule has 0 aliphatic carbocycles. The largest absolute Gasteiger partial charge is 0.392 e. The first-order valence-corrected chi connectivity index (χ1v) is 11.0. The number of amides is 1. The SMILES string of the molecule is Cc1cc(C)cc(-c2cc3cc(C(C)(C)C(=O)NC(C)(C)C)ccc3n2CC(C)O)c1.F. The Morgan fingerprint density at radius 3 is 2.12 bits per heavy atom. The summed E-state index contributed by atoms with van der Waals surface area (Å²) in [6.45, 7) is 16.5. The Morgan fingerprint density at radius 1 is 1.00 bits per heavy atom. The zero-order valence-electron chi connectivity index (χ0n) is 20.5. The lowest BCUT2D eigenvalue weighted by atomic mass is 9.82. The Balaban J connectivity index is 0.00000363. The highest BCUT2D eigenvalue weighted by atomic mass is 19.0. The van der Waals surface area contributed by atoms with E-state index in [1.54, 1.807) is 0 Å². The lowest BCUT2D eigenvalue weighted by Gasteiger charge is -2.30. The first-order valence-electron chi connectivity index (χ1n) is 11.0. The third kappa shape index (κ3) is 5.39. The molecule has 0 fully saturated rings. The summed E-state index contributed by atoms with van der Waals surface area (Å²) in [6, 6.07) is 14.9. The van der Waals surface area contributed by atoms with Crippen molar-refractivity contribution < 1.29 is 14.6 Å². The molecule has 1 amide bonds. The number of nitrogens with one attached hydrogen (secondary N) is 1. The van der Waals surface area contributed by atoms with Gasteiger partial charge in [-0.3, -0.25) is 9.50 Å². The van der Waals surface area contributed by atoms with Crippen LogP contribution < -0.4 is 5.32 Å². The van der Waals surface area contributed by atoms with Crippen LogP contribution in [0.25, 0.3) is 22.2 Å². The molecule has 0 aliphatic rings. The van der Waals surface area contributed by atoms with Crippen LogP contribution in [0.3, 0.4) is 0 Å². The molecule has 4 nitrogen and oxygen atoms in total. The van der Waals surface area contributed by atoms with Crippen LogP contribution in [-0.2, 0) is 16.8 Å². The van der Waals surface area contributed by atoms with E-state index in [-0.39, 0.29) is 16.2 Å². The standard InChI is InChI=1S/C27H36N2O2.FH/c1-17-11-18(2)13-20(12-17)24-15-21-14-22(9-10-23(21)29(24)16-19(3)30)27(7,8)25(31)28-26(4,5)6;/h9-15,19,30H,16H2,1-8H3,(H,28,31);1H. The molecule has 5 heteroatoms. The van der Waals surface area contributed by atoms with Crippen molar-refractivity contribution in [3.8, 4) is 11.3 Å². The van der Waals surface area contributed by atoms with E-state index < -0.39 is 11.5 Å². The smallest absolute Gasteiger partial charge is 0.230 e. The average molecular weight is 441 g/mol. The number of hydrogen-bond donors (Lipinski definition) is 2. The Hall–Kier alpha value is -2.66. The molecule has 3 rings (SSSR count). The molecular formula is C27H37FN2O2. The van der Waals surface area contributed by atoms with Crippen LogP contribution in [0, 0.1) is 13.8 Å². The van der Waals surface area contributed by atoms with Gasteiger partial charge in [0.1, 0.15) is 0 Å². The Labute approximate surface area is 191 Å². The molecular weight excluding hydrogens is 403 g/mol. The molecule has 32 heavy (non-hydrogen) atoms. The number of rotatable bonds is 5. The molecule has 1 atom stereocenters. The molecule has 0 bridgehead atoms. The zero-order chi connectivity index (χ0) is 23.1. The van der Waals surface area contributed by atoms with Crippen molar-refractivity contribution in [1.82, 2.24) is 9.88 Å². The number of aliphatic hydroxyl groups excluding tert-OH is 1. The maximum Gasteiger partial charge on any atom is 0.230 e. The minimum Gasteiger partial charge on any atom is -0.392 e. The van der Waals surface area contributed by atoms with Crippen LogP contribution in [0.1, 0.15) is 58.2 Å². The van der Waals surface area contributed by atoms with Gasteiger partial charge in [-0.2, -0.15) is 0 Å². The van der Waals surface area contributed by atoms with E-state index in [1.165, 1.54) is 11.1 Å². The van der Waals surface area contributed by atoms with E-state index in [2.05, 4.69) is 60.1 Å². The third-order valence-electron chi connectivity index (χ3n) is 5.64. The molecule has 0 radical (unpaired) electrons. The summed E-state index contributed by atoms with van der Waals surface area (Å²) in [5.74, 6) is 0.0114. The van der Waals surface area contributed by atoms with E-state index in [0.717, 1.165) is 27.7 Å². The van der Waals surface area contributed by atoms with E-state index in [4.69, 9.17) is 0 Å². The average Bonchev–Trinajstić information content (AvgIpc) is 2.96. The number of aliphatic hydroxyl groups is 1. The first kappa shape index (κ1) is 25.6. The number of halogens is 1. The van der Waals surface area contributed by atoms with Gasteiger partial charge in [-0.05, 0) is 96.8 Å². The Bertz CT molecular complexity index is 1100. The molecule has 1 heterocycles. The van der Waals surface area contributed by atoms with E-state index in [0.29, 0.717) is 6.54 Å². The van der Waals surface area contributed by atoms with Crippen molar-refractivity contribution in [1.29, 1.82) is 0 Å². The van der Waals surface area contributed by atoms with Crippen molar-refractivity contribution in [2.75, 3.05) is 0 Å². The Morgan fingerprint density at radius 2 is 1.59 bits per heavy atom. The van der Waals surface area contributed by atoms with Gasteiger partial charge in [0, 0.05) is 28.7 Å². The van der Waals surface area contributed by atoms with Gasteiger partial charge < -0.3 is 15.0 Å². The maximum absolute atomic E-state index is 13.0. The van der Waals surface area contributed by atoms with E-state index >= 15 is 0 Å². The summed E-state index contributed by atoms with van der Waals surface area (Å²) >= 11 is 0. The van der Waals surface area contributed by atoms with Crippen molar-refractivity contribution in [3.63, 3.8) is 0 Å². The van der Waals surface area contributed by atoms with Gasteiger partial charge in [-0.25, -0.2) is 0 Å². The van der Waals surface area contributed by atoms with Crippen LogP contribution in [0.5, 0.6) is 0 Å². The minimum absolute atomic E-state index is 0. The fourth-order valence-electron chi connectivity index (χ4n) is 4.11. The first-order chi connectivity index (χ1) is 14.3. The van der Waals surface area contributed by atoms with Gasteiger partial charge in [-0.15, -0.1) is 0 Å². The van der Waals surface area contributed by atoms with Crippen LogP contribution >= 0.6 is 0 Å². The highest BCUT2D eigenvalue weighted by Gasteiger charge is 2.32. The van der Waals surface area contributed by atoms with Gasteiger partial charge in [0.05, 0.1) is 11.5 Å². The van der Waals surface area contributed by atoms with Gasteiger partial charge >= 0.3 is 0 Å². The normalized spacial score (nSPS) is 13.0. The summed E-state index contributed by atoms with van der Waals surface area (Å²) in [7, 11) is 0. The lowest BCUT2D eigenvalue weighted by molar-refractivity contribution is -0.127. The number of carbonyl (C=O) groups excluding carboxylic acids is 1. The van der Waals surface area contributed by atoms with E-state index in [9.17, 15) is 9.90 Å². The van der Waals surface area contributed by atoms with Gasteiger partial charge in [0.2, 0.25) is 5.91 Å². The Kier molecular flexibility index (Phi) is 7.25. The molecule has 1 unspecified atom stereocenters. The molecule has 0 saturated carbocycles. The predicted molar refractivity (Wildman–Crippen MR) is 132 cm³/mol. The van der Waals surface area contributed by atoms with E-state index in [1.807, 2.05) is 47.6 Å². The second kappa shape index (κ2) is 9.07. The number of aryl methyl sites for hydroxylation is 2.